The number of rotatable bonds is 5. The van der Waals surface area contributed by atoms with Gasteiger partial charge in [0.25, 0.3) is 11.4 Å². The maximum atomic E-state index is 12.8. The topological polar surface area (TPSA) is 128 Å². The van der Waals surface area contributed by atoms with Gasteiger partial charge in [0, 0.05) is 30.8 Å². The molecule has 10 nitrogen and oxygen atoms in total. The molecule has 0 amide bonds. The Balaban J connectivity index is 1.78. The third-order valence-electron chi connectivity index (χ3n) is 5.91. The lowest BCUT2D eigenvalue weighted by Gasteiger charge is -2.31. The molecular formula is C20H20N4O6. The van der Waals surface area contributed by atoms with Crippen molar-refractivity contribution < 1.29 is 19.4 Å². The molecule has 3 atom stereocenters. The summed E-state index contributed by atoms with van der Waals surface area (Å²) in [6, 6.07) is 11.8. The van der Waals surface area contributed by atoms with E-state index in [0.29, 0.717) is 13.0 Å². The fraction of sp³-hybridized carbons (Fsp3) is 0.350. The zero-order valence-electron chi connectivity index (χ0n) is 16.2. The third-order valence-corrected chi connectivity index (χ3v) is 5.91. The molecule has 0 aromatic heterocycles. The van der Waals surface area contributed by atoms with Crippen molar-refractivity contribution >= 4 is 17.3 Å². The van der Waals surface area contributed by atoms with Crippen molar-refractivity contribution in [3.63, 3.8) is 0 Å². The predicted molar refractivity (Wildman–Crippen MR) is 105 cm³/mol. The number of nitro groups is 2. The van der Waals surface area contributed by atoms with Gasteiger partial charge in [-0.3, -0.25) is 30.4 Å². The summed E-state index contributed by atoms with van der Waals surface area (Å²) in [5.41, 5.74) is 0.544. The highest BCUT2D eigenvalue weighted by atomic mass is 16.6. The van der Waals surface area contributed by atoms with Gasteiger partial charge in [0.05, 0.1) is 29.0 Å². The van der Waals surface area contributed by atoms with Gasteiger partial charge in [-0.25, -0.2) is 4.79 Å². The molecule has 2 aromatic rings. The molecule has 0 radical (unpaired) electrons. The fourth-order valence-corrected chi connectivity index (χ4v) is 4.57. The number of benzene rings is 2. The van der Waals surface area contributed by atoms with Crippen molar-refractivity contribution in [1.29, 1.82) is 0 Å². The summed E-state index contributed by atoms with van der Waals surface area (Å²) in [5.74, 6) is -0.392. The van der Waals surface area contributed by atoms with Crippen LogP contribution < -0.4 is 5.32 Å². The lowest BCUT2D eigenvalue weighted by atomic mass is 9.93. The van der Waals surface area contributed by atoms with Crippen LogP contribution in [-0.4, -0.2) is 40.0 Å². The standard InChI is InChI=1S/C20H20N4O6/c1-30-19(25)20-11-2-12-22(20)18(14-5-9-16(10-6-14)24(28)29)17(21-20)13-3-7-15(8-4-13)23(26)27/h3-10,17-18,21H,2,11-12H2,1H3/t17-,18+,20-/m1/s1. The predicted octanol–water partition coefficient (Wildman–Crippen LogP) is 2.85. The molecule has 0 unspecified atom stereocenters. The van der Waals surface area contributed by atoms with E-state index in [0.717, 1.165) is 17.5 Å². The molecule has 2 saturated heterocycles. The maximum absolute atomic E-state index is 12.8. The van der Waals surface area contributed by atoms with Crippen LogP contribution in [0.15, 0.2) is 48.5 Å². The Morgan fingerprint density at radius 2 is 1.57 bits per heavy atom. The van der Waals surface area contributed by atoms with E-state index >= 15 is 0 Å². The van der Waals surface area contributed by atoms with E-state index in [9.17, 15) is 25.0 Å². The zero-order valence-corrected chi connectivity index (χ0v) is 16.2. The number of non-ortho nitro benzene ring substituents is 2. The van der Waals surface area contributed by atoms with Crippen LogP contribution in [0.2, 0.25) is 0 Å². The second kappa shape index (κ2) is 7.47. The van der Waals surface area contributed by atoms with Crippen molar-refractivity contribution in [3.05, 3.63) is 79.9 Å². The maximum Gasteiger partial charge on any atom is 0.341 e. The number of carbonyl (C=O) groups is 1. The van der Waals surface area contributed by atoms with E-state index in [2.05, 4.69) is 5.32 Å². The third kappa shape index (κ3) is 3.10. The lowest BCUT2D eigenvalue weighted by molar-refractivity contribution is -0.385. The average Bonchev–Trinajstić information content (AvgIpc) is 3.30. The Labute approximate surface area is 171 Å². The Bertz CT molecular complexity index is 993. The van der Waals surface area contributed by atoms with Gasteiger partial charge >= 0.3 is 5.97 Å². The van der Waals surface area contributed by atoms with Gasteiger partial charge in [-0.05, 0) is 24.0 Å². The number of nitrogens with one attached hydrogen (secondary N) is 1. The van der Waals surface area contributed by atoms with Crippen LogP contribution in [-0.2, 0) is 9.53 Å². The van der Waals surface area contributed by atoms with E-state index in [1.54, 1.807) is 24.3 Å². The molecule has 0 saturated carbocycles. The lowest BCUT2D eigenvalue weighted by Crippen LogP contribution is -2.54. The second-order valence-corrected chi connectivity index (χ2v) is 7.41. The summed E-state index contributed by atoms with van der Waals surface area (Å²) in [6.45, 7) is 0.646. The van der Waals surface area contributed by atoms with Crippen molar-refractivity contribution in [2.24, 2.45) is 0 Å². The van der Waals surface area contributed by atoms with E-state index in [4.69, 9.17) is 4.74 Å². The highest BCUT2D eigenvalue weighted by Crippen LogP contribution is 2.49. The van der Waals surface area contributed by atoms with Crippen LogP contribution in [0.25, 0.3) is 0 Å². The molecule has 10 heteroatoms. The Morgan fingerprint density at radius 3 is 2.07 bits per heavy atom. The summed E-state index contributed by atoms with van der Waals surface area (Å²) < 4.78 is 5.09. The number of fused-ring (bicyclic) bond motifs is 1. The molecule has 0 bridgehead atoms. The minimum absolute atomic E-state index is 0.0164. The molecule has 0 spiro atoms. The first-order chi connectivity index (χ1) is 14.4. The number of hydrogen-bond donors (Lipinski definition) is 1. The molecule has 4 rings (SSSR count). The van der Waals surface area contributed by atoms with E-state index in [1.807, 2.05) is 4.90 Å². The minimum atomic E-state index is -1.01. The van der Waals surface area contributed by atoms with Gasteiger partial charge in [-0.1, -0.05) is 24.3 Å². The first kappa shape index (κ1) is 19.9. The monoisotopic (exact) mass is 412 g/mol. The molecule has 30 heavy (non-hydrogen) atoms. The molecule has 2 aromatic carbocycles. The second-order valence-electron chi connectivity index (χ2n) is 7.41. The zero-order chi connectivity index (χ0) is 21.5. The highest BCUT2D eigenvalue weighted by molar-refractivity contribution is 5.81. The van der Waals surface area contributed by atoms with Crippen LogP contribution in [0.3, 0.4) is 0 Å². The summed E-state index contributed by atoms with van der Waals surface area (Å²) in [5, 5.41) is 25.5. The van der Waals surface area contributed by atoms with Gasteiger partial charge in [0.2, 0.25) is 0 Å². The Hall–Kier alpha value is -3.37. The number of methoxy groups -OCH3 is 1. The SMILES string of the molecule is COC(=O)[C@@]12CCCN1[C@@H](c1ccc([N+](=O)[O-])cc1)[C@@H](c1ccc([N+](=O)[O-])cc1)N2. The van der Waals surface area contributed by atoms with Crippen LogP contribution in [0.4, 0.5) is 11.4 Å². The van der Waals surface area contributed by atoms with Crippen molar-refractivity contribution in [1.82, 2.24) is 10.2 Å². The van der Waals surface area contributed by atoms with Crippen LogP contribution >= 0.6 is 0 Å². The number of nitrogens with zero attached hydrogens (tertiary/aromatic N) is 3. The van der Waals surface area contributed by atoms with Gasteiger partial charge in [-0.15, -0.1) is 0 Å². The first-order valence-electron chi connectivity index (χ1n) is 9.49. The van der Waals surface area contributed by atoms with E-state index < -0.39 is 21.5 Å². The highest BCUT2D eigenvalue weighted by Gasteiger charge is 2.59. The van der Waals surface area contributed by atoms with E-state index in [1.165, 1.54) is 31.4 Å². The number of carbonyl (C=O) groups excluding carboxylic acids is 1. The molecule has 2 aliphatic heterocycles. The van der Waals surface area contributed by atoms with Crippen molar-refractivity contribution in [3.8, 4) is 0 Å². The van der Waals surface area contributed by atoms with Crippen LogP contribution in [0, 0.1) is 20.2 Å². The Kier molecular flexibility index (Phi) is 4.96. The largest absolute Gasteiger partial charge is 0.467 e. The summed E-state index contributed by atoms with van der Waals surface area (Å²) >= 11 is 0. The van der Waals surface area contributed by atoms with E-state index in [-0.39, 0.29) is 23.5 Å². The smallest absolute Gasteiger partial charge is 0.341 e. The molecule has 2 aliphatic rings. The van der Waals surface area contributed by atoms with Gasteiger partial charge < -0.3 is 4.74 Å². The number of esters is 1. The van der Waals surface area contributed by atoms with Crippen LogP contribution in [0.1, 0.15) is 36.1 Å². The summed E-state index contributed by atoms with van der Waals surface area (Å²) in [6.07, 6.45) is 1.35. The molecular weight excluding hydrogens is 392 g/mol. The summed E-state index contributed by atoms with van der Waals surface area (Å²) in [4.78, 5) is 35.9. The number of hydrogen-bond acceptors (Lipinski definition) is 8. The minimum Gasteiger partial charge on any atom is -0.467 e. The fourth-order valence-electron chi connectivity index (χ4n) is 4.57. The quantitative estimate of drug-likeness (QED) is 0.451. The summed E-state index contributed by atoms with van der Waals surface area (Å²) in [7, 11) is 1.34. The first-order valence-corrected chi connectivity index (χ1v) is 9.49. The Morgan fingerprint density at radius 1 is 1.03 bits per heavy atom. The molecule has 156 valence electrons. The molecule has 1 N–H and O–H groups in total. The normalized spacial score (nSPS) is 25.6. The average molecular weight is 412 g/mol. The molecule has 2 heterocycles. The number of nitro benzene ring substituents is 2. The van der Waals surface area contributed by atoms with Gasteiger partial charge in [0.15, 0.2) is 5.66 Å². The van der Waals surface area contributed by atoms with Crippen molar-refractivity contribution in [2.45, 2.75) is 30.6 Å². The molecule has 0 aliphatic carbocycles. The molecule has 2 fully saturated rings. The number of ether oxygens (including phenoxy) is 1. The van der Waals surface area contributed by atoms with Crippen molar-refractivity contribution in [2.75, 3.05) is 13.7 Å². The van der Waals surface area contributed by atoms with Gasteiger partial charge in [0.1, 0.15) is 0 Å². The van der Waals surface area contributed by atoms with Crippen LogP contribution in [0.5, 0.6) is 0 Å². The van der Waals surface area contributed by atoms with Gasteiger partial charge in [-0.2, -0.15) is 0 Å².